The maximum atomic E-state index is 13.0. The van der Waals surface area contributed by atoms with Crippen molar-refractivity contribution in [2.24, 2.45) is 0 Å². The standard InChI is InChI=1S/C23H24N4O7/c1-32-21-6-3-2-5-20(21)26(10-4-9-24)22(28)16-34-23(29)18-15-17(27(30)31)7-8-19(18)25-11-13-33-14-12-25/h2-3,5-8,15H,4,10-14,16H2,1H3. The second-order valence-corrected chi connectivity index (χ2v) is 7.26. The molecule has 0 saturated carbocycles. The third-order valence-electron chi connectivity index (χ3n) is 5.21. The molecule has 178 valence electrons. The molecule has 1 fully saturated rings. The minimum absolute atomic E-state index is 0.00948. The second kappa shape index (κ2) is 11.6. The Morgan fingerprint density at radius 1 is 1.24 bits per heavy atom. The molecule has 1 aliphatic rings. The van der Waals surface area contributed by atoms with Crippen LogP contribution >= 0.6 is 0 Å². The van der Waals surface area contributed by atoms with Crippen LogP contribution in [-0.4, -0.2) is 63.4 Å². The Labute approximate surface area is 196 Å². The Hall–Kier alpha value is -4.17. The van der Waals surface area contributed by atoms with Crippen molar-refractivity contribution < 1.29 is 28.7 Å². The van der Waals surface area contributed by atoms with Crippen molar-refractivity contribution in [3.8, 4) is 11.8 Å². The molecule has 0 unspecified atom stereocenters. The van der Waals surface area contributed by atoms with Gasteiger partial charge in [-0.2, -0.15) is 5.26 Å². The zero-order chi connectivity index (χ0) is 24.5. The van der Waals surface area contributed by atoms with E-state index in [0.29, 0.717) is 43.4 Å². The van der Waals surface area contributed by atoms with Gasteiger partial charge in [-0.15, -0.1) is 0 Å². The van der Waals surface area contributed by atoms with E-state index in [4.69, 9.17) is 19.5 Å². The van der Waals surface area contributed by atoms with Gasteiger partial charge < -0.3 is 24.0 Å². The van der Waals surface area contributed by atoms with Gasteiger partial charge in [0.25, 0.3) is 11.6 Å². The number of hydrogen-bond donors (Lipinski definition) is 0. The molecular weight excluding hydrogens is 444 g/mol. The summed E-state index contributed by atoms with van der Waals surface area (Å²) in [7, 11) is 1.46. The monoisotopic (exact) mass is 468 g/mol. The van der Waals surface area contributed by atoms with E-state index >= 15 is 0 Å². The maximum Gasteiger partial charge on any atom is 0.341 e. The number of benzene rings is 2. The van der Waals surface area contributed by atoms with Crippen molar-refractivity contribution >= 4 is 28.9 Å². The first-order chi connectivity index (χ1) is 16.5. The van der Waals surface area contributed by atoms with Gasteiger partial charge in [-0.25, -0.2) is 4.79 Å². The van der Waals surface area contributed by atoms with E-state index in [2.05, 4.69) is 0 Å². The minimum Gasteiger partial charge on any atom is -0.495 e. The number of rotatable bonds is 9. The van der Waals surface area contributed by atoms with Crippen LogP contribution < -0.4 is 14.5 Å². The highest BCUT2D eigenvalue weighted by atomic mass is 16.6. The van der Waals surface area contributed by atoms with E-state index in [1.165, 1.54) is 24.1 Å². The summed E-state index contributed by atoms with van der Waals surface area (Å²) in [4.78, 5) is 39.7. The number of morpholine rings is 1. The summed E-state index contributed by atoms with van der Waals surface area (Å²) >= 11 is 0. The Morgan fingerprint density at radius 3 is 2.65 bits per heavy atom. The van der Waals surface area contributed by atoms with Crippen LogP contribution in [0.5, 0.6) is 5.75 Å². The number of non-ortho nitro benzene ring substituents is 1. The number of methoxy groups -OCH3 is 1. The number of carbonyl (C=O) groups is 2. The SMILES string of the molecule is COc1ccccc1N(CCC#N)C(=O)COC(=O)c1cc([N+](=O)[O-])ccc1N1CCOCC1. The van der Waals surface area contributed by atoms with Gasteiger partial charge in [-0.05, 0) is 18.2 Å². The van der Waals surface area contributed by atoms with Crippen LogP contribution in [0.1, 0.15) is 16.8 Å². The fourth-order valence-corrected chi connectivity index (χ4v) is 3.56. The van der Waals surface area contributed by atoms with Gasteiger partial charge in [0.15, 0.2) is 6.61 Å². The van der Waals surface area contributed by atoms with Crippen molar-refractivity contribution in [1.82, 2.24) is 0 Å². The van der Waals surface area contributed by atoms with Crippen LogP contribution in [-0.2, 0) is 14.3 Å². The number of ether oxygens (including phenoxy) is 3. The molecule has 0 aromatic heterocycles. The lowest BCUT2D eigenvalue weighted by molar-refractivity contribution is -0.384. The lowest BCUT2D eigenvalue weighted by atomic mass is 10.1. The summed E-state index contributed by atoms with van der Waals surface area (Å²) in [5, 5.41) is 20.2. The van der Waals surface area contributed by atoms with Crippen LogP contribution in [0.3, 0.4) is 0 Å². The topological polar surface area (TPSA) is 135 Å². The number of nitro groups is 1. The quantitative estimate of drug-likeness (QED) is 0.309. The number of nitro benzene ring substituents is 1. The van der Waals surface area contributed by atoms with Crippen LogP contribution in [0.25, 0.3) is 0 Å². The van der Waals surface area contributed by atoms with Gasteiger partial charge in [0.2, 0.25) is 0 Å². The van der Waals surface area contributed by atoms with Gasteiger partial charge in [0, 0.05) is 31.8 Å². The van der Waals surface area contributed by atoms with Crippen LogP contribution in [0.2, 0.25) is 0 Å². The first-order valence-corrected chi connectivity index (χ1v) is 10.5. The average molecular weight is 468 g/mol. The number of anilines is 2. The Bertz CT molecular complexity index is 1090. The molecule has 0 atom stereocenters. The molecule has 2 aromatic rings. The van der Waals surface area contributed by atoms with Crippen molar-refractivity contribution in [2.75, 3.05) is 56.4 Å². The van der Waals surface area contributed by atoms with Crippen molar-refractivity contribution in [3.05, 3.63) is 58.1 Å². The van der Waals surface area contributed by atoms with E-state index in [9.17, 15) is 19.7 Å². The van der Waals surface area contributed by atoms with Gasteiger partial charge >= 0.3 is 5.97 Å². The molecule has 3 rings (SSSR count). The van der Waals surface area contributed by atoms with Crippen LogP contribution in [0.4, 0.5) is 17.1 Å². The predicted molar refractivity (Wildman–Crippen MR) is 122 cm³/mol. The summed E-state index contributed by atoms with van der Waals surface area (Å²) in [6.45, 7) is 1.38. The zero-order valence-electron chi connectivity index (χ0n) is 18.6. The maximum absolute atomic E-state index is 13.0. The molecular formula is C23H24N4O7. The van der Waals surface area contributed by atoms with Crippen LogP contribution in [0.15, 0.2) is 42.5 Å². The Balaban J connectivity index is 1.81. The molecule has 1 saturated heterocycles. The Morgan fingerprint density at radius 2 is 1.97 bits per heavy atom. The summed E-state index contributed by atoms with van der Waals surface area (Å²) < 4.78 is 15.9. The third kappa shape index (κ3) is 5.79. The summed E-state index contributed by atoms with van der Waals surface area (Å²) in [5.74, 6) is -1.00. The van der Waals surface area contributed by atoms with Gasteiger partial charge in [-0.3, -0.25) is 14.9 Å². The molecule has 0 bridgehead atoms. The Kier molecular flexibility index (Phi) is 8.37. The highest BCUT2D eigenvalue weighted by Crippen LogP contribution is 2.29. The minimum atomic E-state index is -0.862. The van der Waals surface area contributed by atoms with Crippen molar-refractivity contribution in [3.63, 3.8) is 0 Å². The smallest absolute Gasteiger partial charge is 0.341 e. The van der Waals surface area contributed by atoms with Crippen molar-refractivity contribution in [2.45, 2.75) is 6.42 Å². The van der Waals surface area contributed by atoms with E-state index in [-0.39, 0.29) is 24.2 Å². The first kappa shape index (κ1) is 24.5. The number of nitriles is 1. The predicted octanol–water partition coefficient (Wildman–Crippen LogP) is 2.54. The summed E-state index contributed by atoms with van der Waals surface area (Å²) in [6, 6.07) is 12.7. The molecule has 0 N–H and O–H groups in total. The average Bonchev–Trinajstić information content (AvgIpc) is 2.87. The van der Waals surface area contributed by atoms with E-state index in [1.54, 1.807) is 24.3 Å². The number of nitrogens with zero attached hydrogens (tertiary/aromatic N) is 4. The zero-order valence-corrected chi connectivity index (χ0v) is 18.6. The molecule has 1 amide bonds. The lowest BCUT2D eigenvalue weighted by Crippen LogP contribution is -2.38. The number of esters is 1. The third-order valence-corrected chi connectivity index (χ3v) is 5.21. The fourth-order valence-electron chi connectivity index (χ4n) is 3.56. The van der Waals surface area contributed by atoms with E-state index < -0.39 is 23.4 Å². The molecule has 0 spiro atoms. The molecule has 11 nitrogen and oxygen atoms in total. The molecule has 0 radical (unpaired) electrons. The van der Waals surface area contributed by atoms with Gasteiger partial charge in [-0.1, -0.05) is 12.1 Å². The molecule has 2 aromatic carbocycles. The van der Waals surface area contributed by atoms with Crippen molar-refractivity contribution in [1.29, 1.82) is 5.26 Å². The number of carbonyl (C=O) groups excluding carboxylic acids is 2. The molecule has 1 aliphatic heterocycles. The normalized spacial score (nSPS) is 13.0. The number of para-hydroxylation sites is 2. The largest absolute Gasteiger partial charge is 0.495 e. The molecule has 1 heterocycles. The highest BCUT2D eigenvalue weighted by molar-refractivity contribution is 6.00. The molecule has 34 heavy (non-hydrogen) atoms. The molecule has 0 aliphatic carbocycles. The van der Waals surface area contributed by atoms with Gasteiger partial charge in [0.05, 0.1) is 54.7 Å². The fraction of sp³-hybridized carbons (Fsp3) is 0.348. The highest BCUT2D eigenvalue weighted by Gasteiger charge is 2.25. The number of hydrogen-bond acceptors (Lipinski definition) is 9. The lowest BCUT2D eigenvalue weighted by Gasteiger charge is -2.30. The summed E-state index contributed by atoms with van der Waals surface area (Å²) in [5.41, 5.74) is 0.632. The first-order valence-electron chi connectivity index (χ1n) is 10.5. The van der Waals surface area contributed by atoms with E-state index in [1.807, 2.05) is 11.0 Å². The summed E-state index contributed by atoms with van der Waals surface area (Å²) in [6.07, 6.45) is 0.0593. The van der Waals surface area contributed by atoms with E-state index in [0.717, 1.165) is 6.07 Å². The van der Waals surface area contributed by atoms with Crippen LogP contribution in [0, 0.1) is 21.4 Å². The second-order valence-electron chi connectivity index (χ2n) is 7.26. The van der Waals surface area contributed by atoms with Gasteiger partial charge in [0.1, 0.15) is 5.75 Å². The molecule has 11 heteroatoms. The number of amides is 1.